The summed E-state index contributed by atoms with van der Waals surface area (Å²) in [5.41, 5.74) is 1.23. The standard InChI is InChI=1S/C28H29N3O4S/c32-27(29-24-14-9-11-21-10-3-4-12-22(21)24)20-36(34,35)26-18-31(25-15-6-5-13-23(25)26)19-28(33)30-16-7-1-2-8-17-30/h3-6,9-15,18H,1-2,7-8,16-17,19-20H2,(H,29,32). The summed E-state index contributed by atoms with van der Waals surface area (Å²) in [5.74, 6) is -1.32. The average molecular weight is 504 g/mol. The number of carbonyl (C=O) groups excluding carboxylic acids is 2. The summed E-state index contributed by atoms with van der Waals surface area (Å²) in [6.07, 6.45) is 5.73. The number of aromatic nitrogens is 1. The van der Waals surface area contributed by atoms with E-state index in [2.05, 4.69) is 5.32 Å². The maximum Gasteiger partial charge on any atom is 0.242 e. The van der Waals surface area contributed by atoms with E-state index in [9.17, 15) is 18.0 Å². The molecule has 1 N–H and O–H groups in total. The summed E-state index contributed by atoms with van der Waals surface area (Å²) < 4.78 is 28.5. The molecule has 0 saturated carbocycles. The van der Waals surface area contributed by atoms with Crippen LogP contribution in [0.25, 0.3) is 21.7 Å². The van der Waals surface area contributed by atoms with E-state index >= 15 is 0 Å². The van der Waals surface area contributed by atoms with Crippen LogP contribution in [0.3, 0.4) is 0 Å². The van der Waals surface area contributed by atoms with Crippen molar-refractivity contribution in [1.82, 2.24) is 9.47 Å². The van der Waals surface area contributed by atoms with Crippen LogP contribution in [0.1, 0.15) is 25.7 Å². The van der Waals surface area contributed by atoms with Crippen molar-refractivity contribution in [2.75, 3.05) is 24.2 Å². The lowest BCUT2D eigenvalue weighted by molar-refractivity contribution is -0.131. The number of carbonyl (C=O) groups is 2. The van der Waals surface area contributed by atoms with E-state index < -0.39 is 21.5 Å². The molecule has 2 amide bonds. The monoisotopic (exact) mass is 503 g/mol. The quantitative estimate of drug-likeness (QED) is 0.416. The van der Waals surface area contributed by atoms with Gasteiger partial charge in [-0.1, -0.05) is 67.4 Å². The van der Waals surface area contributed by atoms with Crippen LogP contribution >= 0.6 is 0 Å². The molecule has 36 heavy (non-hydrogen) atoms. The number of hydrogen-bond donors (Lipinski definition) is 1. The highest BCUT2D eigenvalue weighted by Gasteiger charge is 2.26. The van der Waals surface area contributed by atoms with Crippen molar-refractivity contribution in [3.8, 4) is 0 Å². The molecule has 0 bridgehead atoms. The first kappa shape index (κ1) is 24.1. The van der Waals surface area contributed by atoms with Crippen LogP contribution in [-0.2, 0) is 26.0 Å². The Morgan fingerprint density at radius 2 is 1.47 bits per heavy atom. The van der Waals surface area contributed by atoms with Gasteiger partial charge in [0.25, 0.3) is 0 Å². The molecule has 1 aliphatic rings. The van der Waals surface area contributed by atoms with E-state index in [1.165, 1.54) is 6.20 Å². The van der Waals surface area contributed by atoms with Crippen molar-refractivity contribution in [1.29, 1.82) is 0 Å². The van der Waals surface area contributed by atoms with Crippen molar-refractivity contribution >= 4 is 49.0 Å². The van der Waals surface area contributed by atoms with Crippen molar-refractivity contribution in [3.63, 3.8) is 0 Å². The predicted octanol–water partition coefficient (Wildman–Crippen LogP) is 4.61. The molecule has 0 spiro atoms. The van der Waals surface area contributed by atoms with Crippen LogP contribution < -0.4 is 5.32 Å². The van der Waals surface area contributed by atoms with Crippen LogP contribution in [0.4, 0.5) is 5.69 Å². The maximum atomic E-state index is 13.4. The molecule has 0 aliphatic carbocycles. The van der Waals surface area contributed by atoms with Crippen molar-refractivity contribution < 1.29 is 18.0 Å². The molecular weight excluding hydrogens is 474 g/mol. The second kappa shape index (κ2) is 10.1. The van der Waals surface area contributed by atoms with Gasteiger partial charge in [0.15, 0.2) is 9.84 Å². The largest absolute Gasteiger partial charge is 0.341 e. The van der Waals surface area contributed by atoms with Gasteiger partial charge in [0, 0.05) is 41.3 Å². The van der Waals surface area contributed by atoms with E-state index in [0.29, 0.717) is 16.6 Å². The highest BCUT2D eigenvalue weighted by molar-refractivity contribution is 7.92. The first-order chi connectivity index (χ1) is 17.4. The summed E-state index contributed by atoms with van der Waals surface area (Å²) >= 11 is 0. The summed E-state index contributed by atoms with van der Waals surface area (Å²) in [5, 5.41) is 5.07. The summed E-state index contributed by atoms with van der Waals surface area (Å²) in [4.78, 5) is 27.8. The molecule has 186 valence electrons. The predicted molar refractivity (Wildman–Crippen MR) is 142 cm³/mol. The molecule has 0 radical (unpaired) electrons. The maximum absolute atomic E-state index is 13.4. The Bertz CT molecular complexity index is 1530. The number of rotatable bonds is 6. The second-order valence-electron chi connectivity index (χ2n) is 9.27. The normalized spacial score (nSPS) is 14.6. The molecular formula is C28H29N3O4S. The molecule has 1 aliphatic heterocycles. The van der Waals surface area contributed by atoms with Crippen LogP contribution in [0, 0.1) is 0 Å². The van der Waals surface area contributed by atoms with Crippen LogP contribution in [0.5, 0.6) is 0 Å². The van der Waals surface area contributed by atoms with Gasteiger partial charge in [-0.3, -0.25) is 9.59 Å². The van der Waals surface area contributed by atoms with Crippen LogP contribution in [-0.4, -0.2) is 48.5 Å². The Morgan fingerprint density at radius 3 is 2.25 bits per heavy atom. The Kier molecular flexibility index (Phi) is 6.78. The van der Waals surface area contributed by atoms with E-state index in [0.717, 1.165) is 49.5 Å². The Morgan fingerprint density at radius 1 is 0.806 bits per heavy atom. The fourth-order valence-corrected chi connectivity index (χ4v) is 6.30. The summed E-state index contributed by atoms with van der Waals surface area (Å²) in [6, 6.07) is 20.2. The number of hydrogen-bond acceptors (Lipinski definition) is 4. The lowest BCUT2D eigenvalue weighted by Gasteiger charge is -2.20. The number of para-hydroxylation sites is 1. The summed E-state index contributed by atoms with van der Waals surface area (Å²) in [7, 11) is -3.96. The Balaban J connectivity index is 1.39. The number of benzene rings is 3. The minimum Gasteiger partial charge on any atom is -0.341 e. The molecule has 0 unspecified atom stereocenters. The van der Waals surface area contributed by atoms with Gasteiger partial charge < -0.3 is 14.8 Å². The van der Waals surface area contributed by atoms with Gasteiger partial charge in [-0.05, 0) is 30.4 Å². The molecule has 1 fully saturated rings. The number of sulfone groups is 1. The minimum atomic E-state index is -3.96. The van der Waals surface area contributed by atoms with E-state index in [1.807, 2.05) is 47.4 Å². The van der Waals surface area contributed by atoms with E-state index in [1.54, 1.807) is 28.8 Å². The number of anilines is 1. The van der Waals surface area contributed by atoms with Gasteiger partial charge in [-0.15, -0.1) is 0 Å². The number of likely N-dealkylation sites (tertiary alicyclic amines) is 1. The molecule has 5 rings (SSSR count). The zero-order valence-electron chi connectivity index (χ0n) is 20.0. The summed E-state index contributed by atoms with van der Waals surface area (Å²) in [6.45, 7) is 1.54. The molecule has 0 atom stereocenters. The van der Waals surface area contributed by atoms with E-state index in [-0.39, 0.29) is 17.3 Å². The number of fused-ring (bicyclic) bond motifs is 2. The molecule has 4 aromatic rings. The third-order valence-corrected chi connectivity index (χ3v) is 8.37. The fraction of sp³-hybridized carbons (Fsp3) is 0.286. The zero-order chi connectivity index (χ0) is 25.1. The molecule has 2 heterocycles. The third kappa shape index (κ3) is 4.99. The van der Waals surface area contributed by atoms with Gasteiger partial charge in [0.05, 0.1) is 4.90 Å². The molecule has 7 nitrogen and oxygen atoms in total. The van der Waals surface area contributed by atoms with Crippen molar-refractivity contribution in [2.24, 2.45) is 0 Å². The molecule has 1 aromatic heterocycles. The van der Waals surface area contributed by atoms with Gasteiger partial charge in [0.1, 0.15) is 12.3 Å². The Labute approximate surface area is 210 Å². The number of nitrogens with one attached hydrogen (secondary N) is 1. The fourth-order valence-electron chi connectivity index (χ4n) is 4.93. The van der Waals surface area contributed by atoms with Crippen LogP contribution in [0.2, 0.25) is 0 Å². The minimum absolute atomic E-state index is 0.0182. The highest BCUT2D eigenvalue weighted by Crippen LogP contribution is 2.28. The van der Waals surface area contributed by atoms with Crippen molar-refractivity contribution in [3.05, 3.63) is 72.9 Å². The van der Waals surface area contributed by atoms with Gasteiger partial charge in [-0.25, -0.2) is 8.42 Å². The molecule has 3 aromatic carbocycles. The number of amides is 2. The average Bonchev–Trinajstić information content (AvgIpc) is 3.03. The molecule has 1 saturated heterocycles. The lowest BCUT2D eigenvalue weighted by Crippen LogP contribution is -2.34. The lowest BCUT2D eigenvalue weighted by atomic mass is 10.1. The Hall–Kier alpha value is -3.65. The smallest absolute Gasteiger partial charge is 0.242 e. The first-order valence-corrected chi connectivity index (χ1v) is 13.9. The van der Waals surface area contributed by atoms with Gasteiger partial charge >= 0.3 is 0 Å². The second-order valence-corrected chi connectivity index (χ2v) is 11.2. The van der Waals surface area contributed by atoms with Gasteiger partial charge in [-0.2, -0.15) is 0 Å². The topological polar surface area (TPSA) is 88.5 Å². The number of nitrogens with zero attached hydrogens (tertiary/aromatic N) is 2. The zero-order valence-corrected chi connectivity index (χ0v) is 20.8. The van der Waals surface area contributed by atoms with Crippen LogP contribution in [0.15, 0.2) is 77.8 Å². The van der Waals surface area contributed by atoms with Gasteiger partial charge in [0.2, 0.25) is 11.8 Å². The van der Waals surface area contributed by atoms with Crippen molar-refractivity contribution in [2.45, 2.75) is 37.1 Å². The van der Waals surface area contributed by atoms with E-state index in [4.69, 9.17) is 0 Å². The highest BCUT2D eigenvalue weighted by atomic mass is 32.2. The molecule has 8 heteroatoms. The SMILES string of the molecule is O=C(CS(=O)(=O)c1cn(CC(=O)N2CCCCCC2)c2ccccc12)Nc1cccc2ccccc12. The first-order valence-electron chi connectivity index (χ1n) is 12.3. The third-order valence-electron chi connectivity index (χ3n) is 6.74.